The molecule has 2 unspecified atom stereocenters. The van der Waals surface area contributed by atoms with Gasteiger partial charge >= 0.3 is 141 Å². The van der Waals surface area contributed by atoms with Gasteiger partial charge < -0.3 is 0 Å². The van der Waals surface area contributed by atoms with Crippen LogP contribution in [0.1, 0.15) is 36.4 Å². The SMILES string of the molecule is CC[B]=[Zr]([CH]1C=Cc2ccccc21)[CH]1C=Cc2ccccc21.Cl.Cl. The first-order valence-electron chi connectivity index (χ1n) is 8.12. The van der Waals surface area contributed by atoms with Crippen LogP contribution in [0.25, 0.3) is 12.2 Å². The van der Waals surface area contributed by atoms with Gasteiger partial charge in [0.2, 0.25) is 0 Å². The van der Waals surface area contributed by atoms with Gasteiger partial charge in [0.1, 0.15) is 0 Å². The Morgan fingerprint density at radius 3 is 1.71 bits per heavy atom. The molecule has 2 atom stereocenters. The van der Waals surface area contributed by atoms with Crippen LogP contribution in [0.4, 0.5) is 0 Å². The van der Waals surface area contributed by atoms with E-state index in [0.29, 0.717) is 7.25 Å². The third-order valence-electron chi connectivity index (χ3n) is 4.76. The van der Waals surface area contributed by atoms with Gasteiger partial charge in [0.05, 0.1) is 0 Å². The van der Waals surface area contributed by atoms with Gasteiger partial charge in [0.15, 0.2) is 0 Å². The second-order valence-electron chi connectivity index (χ2n) is 6.04. The molecule has 0 spiro atoms. The summed E-state index contributed by atoms with van der Waals surface area (Å²) in [6, 6.07) is 17.9. The maximum absolute atomic E-state index is 2.70. The molecule has 0 radical (unpaired) electrons. The van der Waals surface area contributed by atoms with Crippen molar-refractivity contribution in [3.8, 4) is 0 Å². The predicted octanol–water partition coefficient (Wildman–Crippen LogP) is 6.04. The van der Waals surface area contributed by atoms with Gasteiger partial charge in [-0.05, 0) is 0 Å². The number of benzene rings is 2. The van der Waals surface area contributed by atoms with Gasteiger partial charge in [-0.15, -0.1) is 24.8 Å². The number of hydrogen-bond donors (Lipinski definition) is 0. The molecule has 0 aliphatic heterocycles. The van der Waals surface area contributed by atoms with Crippen molar-refractivity contribution in [2.75, 3.05) is 0 Å². The monoisotopic (exact) mass is 432 g/mol. The number of rotatable bonds is 3. The van der Waals surface area contributed by atoms with Crippen molar-refractivity contribution in [1.29, 1.82) is 0 Å². The summed E-state index contributed by atoms with van der Waals surface area (Å²) >= 11 is -1.80. The average molecular weight is 434 g/mol. The van der Waals surface area contributed by atoms with E-state index in [4.69, 9.17) is 0 Å². The van der Waals surface area contributed by atoms with Crippen LogP contribution in [-0.2, 0) is 21.0 Å². The molecule has 2 aliphatic rings. The molecule has 0 saturated heterocycles. The molecule has 122 valence electrons. The first-order valence-corrected chi connectivity index (χ1v) is 12.4. The zero-order chi connectivity index (χ0) is 14.9. The van der Waals surface area contributed by atoms with Crippen LogP contribution in [0, 0.1) is 0 Å². The van der Waals surface area contributed by atoms with Crippen molar-refractivity contribution in [3.05, 3.63) is 82.9 Å². The molecule has 0 aromatic heterocycles. The van der Waals surface area contributed by atoms with E-state index in [-0.39, 0.29) is 24.8 Å². The summed E-state index contributed by atoms with van der Waals surface area (Å²) in [5, 5.41) is 0. The van der Waals surface area contributed by atoms with E-state index < -0.39 is 21.0 Å². The van der Waals surface area contributed by atoms with Crippen molar-refractivity contribution >= 4 is 41.3 Å². The zero-order valence-electron chi connectivity index (χ0n) is 13.7. The summed E-state index contributed by atoms with van der Waals surface area (Å²) in [5.41, 5.74) is 6.01. The maximum atomic E-state index is 2.70. The molecule has 4 heteroatoms. The van der Waals surface area contributed by atoms with E-state index in [1.54, 1.807) is 11.1 Å². The van der Waals surface area contributed by atoms with Crippen LogP contribution in [0.15, 0.2) is 60.7 Å². The number of allylic oxidation sites excluding steroid dienone is 2. The summed E-state index contributed by atoms with van der Waals surface area (Å²) in [7, 11) is 0. The Morgan fingerprint density at radius 2 is 1.25 bits per heavy atom. The largest absolute Gasteiger partial charge is 0.147 e. The molecule has 0 fully saturated rings. The molecular formula is C20H21BCl2Zr. The minimum atomic E-state index is -1.80. The summed E-state index contributed by atoms with van der Waals surface area (Å²) < 4.78 is 4.09. The average Bonchev–Trinajstić information content (AvgIpc) is 3.17. The summed E-state index contributed by atoms with van der Waals surface area (Å²) in [6.45, 7) is 2.30. The van der Waals surface area contributed by atoms with Crippen molar-refractivity contribution in [2.45, 2.75) is 20.5 Å². The number of halogens is 2. The Labute approximate surface area is 164 Å². The maximum Gasteiger partial charge on any atom is -0.147 e. The molecule has 0 amide bonds. The molecule has 2 aromatic rings. The van der Waals surface area contributed by atoms with Gasteiger partial charge in [-0.1, -0.05) is 0 Å². The van der Waals surface area contributed by atoms with E-state index in [9.17, 15) is 0 Å². The van der Waals surface area contributed by atoms with Crippen LogP contribution in [0.5, 0.6) is 0 Å². The van der Waals surface area contributed by atoms with Crippen molar-refractivity contribution in [1.82, 2.24) is 0 Å². The molecule has 2 aliphatic carbocycles. The third kappa shape index (κ3) is 3.52. The quantitative estimate of drug-likeness (QED) is 0.517. The molecule has 24 heavy (non-hydrogen) atoms. The van der Waals surface area contributed by atoms with E-state index in [0.717, 1.165) is 0 Å². The standard InChI is InChI=1S/2C9H7.C2H5B.2ClH.Zr/c2*1-2-5-9-7-3-6-8(9)4-1;1-2-3;;;/h2*1-7H;2H2,1H3;2*1H;. The summed E-state index contributed by atoms with van der Waals surface area (Å²) in [5.74, 6) is 0. The fraction of sp³-hybridized carbons (Fsp3) is 0.200. The van der Waals surface area contributed by atoms with E-state index >= 15 is 0 Å². The second-order valence-corrected chi connectivity index (χ2v) is 12.6. The zero-order valence-corrected chi connectivity index (χ0v) is 17.8. The molecule has 0 N–H and O–H groups in total. The molecule has 0 nitrogen and oxygen atoms in total. The Bertz CT molecular complexity index is 747. The normalized spacial score (nSPS) is 18.9. The smallest absolute Gasteiger partial charge is 0.147 e. The third-order valence-corrected chi connectivity index (χ3v) is 12.9. The molecule has 0 bridgehead atoms. The number of hydrogen-bond acceptors (Lipinski definition) is 0. The predicted molar refractivity (Wildman–Crippen MR) is 107 cm³/mol. The summed E-state index contributed by atoms with van der Waals surface area (Å²) in [6.07, 6.45) is 10.9. The Kier molecular flexibility index (Phi) is 7.17. The van der Waals surface area contributed by atoms with Gasteiger partial charge in [-0.2, -0.15) is 0 Å². The number of fused-ring (bicyclic) bond motifs is 2. The van der Waals surface area contributed by atoms with Gasteiger partial charge in [-0.25, -0.2) is 0 Å². The van der Waals surface area contributed by atoms with Crippen LogP contribution >= 0.6 is 24.8 Å². The van der Waals surface area contributed by atoms with E-state index in [1.165, 1.54) is 17.4 Å². The molecule has 2 aromatic carbocycles. The fourth-order valence-electron chi connectivity index (χ4n) is 3.76. The van der Waals surface area contributed by atoms with Crippen LogP contribution in [0.3, 0.4) is 0 Å². The first kappa shape index (κ1) is 19.8. The fourth-order valence-corrected chi connectivity index (χ4v) is 11.7. The van der Waals surface area contributed by atoms with E-state index in [1.807, 2.05) is 0 Å². The van der Waals surface area contributed by atoms with E-state index in [2.05, 4.69) is 84.1 Å². The van der Waals surface area contributed by atoms with Crippen molar-refractivity contribution in [3.63, 3.8) is 0 Å². The summed E-state index contributed by atoms with van der Waals surface area (Å²) in [4.78, 5) is 0. The van der Waals surface area contributed by atoms with Crippen molar-refractivity contribution < 1.29 is 21.0 Å². The minimum Gasteiger partial charge on any atom is -0.147 e. The molecule has 0 saturated carbocycles. The Hall–Kier alpha value is -0.552. The van der Waals surface area contributed by atoms with Crippen LogP contribution in [0.2, 0.25) is 6.32 Å². The van der Waals surface area contributed by atoms with Gasteiger partial charge in [0, 0.05) is 0 Å². The first-order chi connectivity index (χ1) is 10.9. The van der Waals surface area contributed by atoms with Crippen LogP contribution in [-0.4, -0.2) is 4.37 Å². The molecular weight excluding hydrogens is 413 g/mol. The van der Waals surface area contributed by atoms with Crippen LogP contribution < -0.4 is 0 Å². The second kappa shape index (κ2) is 8.70. The molecule has 4 rings (SSSR count). The van der Waals surface area contributed by atoms with Crippen molar-refractivity contribution in [2.24, 2.45) is 0 Å². The Morgan fingerprint density at radius 1 is 0.792 bits per heavy atom. The Balaban J connectivity index is 0.00000104. The molecule has 0 heterocycles. The van der Waals surface area contributed by atoms with Gasteiger partial charge in [0.25, 0.3) is 0 Å². The van der Waals surface area contributed by atoms with Gasteiger partial charge in [-0.3, -0.25) is 0 Å². The minimum absolute atomic E-state index is 0. The topological polar surface area (TPSA) is 0 Å².